The number of hydrogen-bond donors (Lipinski definition) is 1. The van der Waals surface area contributed by atoms with E-state index in [1.165, 1.54) is 24.0 Å². The van der Waals surface area contributed by atoms with Crippen LogP contribution in [0.3, 0.4) is 0 Å². The van der Waals surface area contributed by atoms with Crippen molar-refractivity contribution in [3.8, 4) is 0 Å². The van der Waals surface area contributed by atoms with Crippen molar-refractivity contribution in [2.45, 2.75) is 45.1 Å². The topological polar surface area (TPSA) is 38.3 Å². The fourth-order valence-electron chi connectivity index (χ4n) is 2.36. The lowest BCUT2D eigenvalue weighted by atomic mass is 10.0. The van der Waals surface area contributed by atoms with E-state index < -0.39 is 0 Å². The number of benzene rings is 1. The van der Waals surface area contributed by atoms with Gasteiger partial charge in [-0.05, 0) is 43.4 Å². The Balaban J connectivity index is 2.02. The van der Waals surface area contributed by atoms with E-state index in [2.05, 4.69) is 36.5 Å². The summed E-state index contributed by atoms with van der Waals surface area (Å²) in [6.45, 7) is 5.17. The Bertz CT molecular complexity index is 409. The minimum absolute atomic E-state index is 0.0531. The Hall–Kier alpha value is -1.35. The van der Waals surface area contributed by atoms with Crippen LogP contribution in [0.15, 0.2) is 24.3 Å². The predicted octanol–water partition coefficient (Wildman–Crippen LogP) is 3.17. The molecule has 0 heterocycles. The lowest BCUT2D eigenvalue weighted by Gasteiger charge is -2.17. The van der Waals surface area contributed by atoms with Crippen LogP contribution < -0.4 is 5.32 Å². The number of nitrogens with one attached hydrogen (secondary N) is 1. The molecule has 3 nitrogen and oxygen atoms in total. The third kappa shape index (κ3) is 4.06. The molecule has 104 valence electrons. The normalized spacial score (nSPS) is 16.1. The molecular weight excluding hydrogens is 238 g/mol. The van der Waals surface area contributed by atoms with Crippen LogP contribution in [-0.4, -0.2) is 19.1 Å². The van der Waals surface area contributed by atoms with E-state index in [0.29, 0.717) is 13.0 Å². The molecule has 0 saturated heterocycles. The van der Waals surface area contributed by atoms with Crippen molar-refractivity contribution in [3.05, 3.63) is 35.4 Å². The molecule has 1 aliphatic carbocycles. The van der Waals surface area contributed by atoms with Crippen molar-refractivity contribution in [1.29, 1.82) is 0 Å². The van der Waals surface area contributed by atoms with Crippen molar-refractivity contribution in [1.82, 2.24) is 5.32 Å². The zero-order chi connectivity index (χ0) is 13.7. The van der Waals surface area contributed by atoms with Crippen LogP contribution in [0.1, 0.15) is 56.2 Å². The first kappa shape index (κ1) is 14.1. The Morgan fingerprint density at radius 3 is 2.53 bits per heavy atom. The fraction of sp³-hybridized carbons (Fsp3) is 0.562. The standard InChI is InChI=1S/C16H23NO2/c1-3-17-15(11-16(18)19-4-2)14-9-7-13(8-10-14)12-5-6-12/h7-10,12,15,17H,3-6,11H2,1-2H3. The van der Waals surface area contributed by atoms with Crippen LogP contribution in [0.25, 0.3) is 0 Å². The average Bonchev–Trinajstić information content (AvgIpc) is 3.23. The third-order valence-electron chi connectivity index (χ3n) is 3.51. The van der Waals surface area contributed by atoms with Gasteiger partial charge in [-0.25, -0.2) is 0 Å². The maximum absolute atomic E-state index is 11.6. The van der Waals surface area contributed by atoms with E-state index in [1.807, 2.05) is 6.92 Å². The van der Waals surface area contributed by atoms with Gasteiger partial charge in [0.25, 0.3) is 0 Å². The SMILES string of the molecule is CCNC(CC(=O)OCC)c1ccc(C2CC2)cc1. The molecule has 0 radical (unpaired) electrons. The molecule has 0 aliphatic heterocycles. The van der Waals surface area contributed by atoms with Crippen LogP contribution in [0.4, 0.5) is 0 Å². The van der Waals surface area contributed by atoms with Crippen molar-refractivity contribution >= 4 is 5.97 Å². The van der Waals surface area contributed by atoms with Gasteiger partial charge in [0.15, 0.2) is 0 Å². The molecule has 1 aromatic rings. The minimum Gasteiger partial charge on any atom is -0.466 e. The monoisotopic (exact) mass is 261 g/mol. The largest absolute Gasteiger partial charge is 0.466 e. The van der Waals surface area contributed by atoms with Crippen LogP contribution in [0.5, 0.6) is 0 Å². The van der Waals surface area contributed by atoms with Gasteiger partial charge in [-0.2, -0.15) is 0 Å². The van der Waals surface area contributed by atoms with Crippen molar-refractivity contribution in [3.63, 3.8) is 0 Å². The number of carbonyl (C=O) groups is 1. The number of rotatable bonds is 7. The van der Waals surface area contributed by atoms with Crippen LogP contribution in [0.2, 0.25) is 0 Å². The van der Waals surface area contributed by atoms with Crippen LogP contribution in [-0.2, 0) is 9.53 Å². The maximum atomic E-state index is 11.6. The molecule has 1 aliphatic rings. The summed E-state index contributed by atoms with van der Waals surface area (Å²) in [5.41, 5.74) is 2.59. The summed E-state index contributed by atoms with van der Waals surface area (Å²) >= 11 is 0. The lowest BCUT2D eigenvalue weighted by Crippen LogP contribution is -2.24. The van der Waals surface area contributed by atoms with Crippen molar-refractivity contribution < 1.29 is 9.53 Å². The second kappa shape index (κ2) is 6.71. The Morgan fingerprint density at radius 1 is 1.32 bits per heavy atom. The second-order valence-corrected chi connectivity index (χ2v) is 5.06. The van der Waals surface area contributed by atoms with Crippen LogP contribution >= 0.6 is 0 Å². The number of hydrogen-bond acceptors (Lipinski definition) is 3. The Kier molecular flexibility index (Phi) is 4.97. The molecule has 1 aromatic carbocycles. The minimum atomic E-state index is -0.139. The van der Waals surface area contributed by atoms with E-state index in [-0.39, 0.29) is 12.0 Å². The summed E-state index contributed by atoms with van der Waals surface area (Å²) < 4.78 is 5.03. The average molecular weight is 261 g/mol. The van der Waals surface area contributed by atoms with Gasteiger partial charge in [0, 0.05) is 6.04 Å². The predicted molar refractivity (Wildman–Crippen MR) is 76.1 cm³/mol. The van der Waals surface area contributed by atoms with Crippen LogP contribution in [0, 0.1) is 0 Å². The first-order valence-corrected chi connectivity index (χ1v) is 7.23. The van der Waals surface area contributed by atoms with E-state index in [1.54, 1.807) is 0 Å². The van der Waals surface area contributed by atoms with Gasteiger partial charge in [-0.3, -0.25) is 4.79 Å². The van der Waals surface area contributed by atoms with E-state index >= 15 is 0 Å². The number of carbonyl (C=O) groups excluding carboxylic acids is 1. The molecule has 0 amide bonds. The molecule has 3 heteroatoms. The number of esters is 1. The molecular formula is C16H23NO2. The highest BCUT2D eigenvalue weighted by atomic mass is 16.5. The molecule has 1 unspecified atom stereocenters. The van der Waals surface area contributed by atoms with E-state index in [4.69, 9.17) is 4.74 Å². The lowest BCUT2D eigenvalue weighted by molar-refractivity contribution is -0.143. The molecule has 1 fully saturated rings. The molecule has 2 rings (SSSR count). The zero-order valence-corrected chi connectivity index (χ0v) is 11.8. The first-order chi connectivity index (χ1) is 9.24. The summed E-state index contributed by atoms with van der Waals surface area (Å²) in [5.74, 6) is 0.636. The highest BCUT2D eigenvalue weighted by molar-refractivity contribution is 5.70. The van der Waals surface area contributed by atoms with Gasteiger partial charge < -0.3 is 10.1 Å². The number of ether oxygens (including phenoxy) is 1. The molecule has 1 N–H and O–H groups in total. The molecule has 1 saturated carbocycles. The second-order valence-electron chi connectivity index (χ2n) is 5.06. The van der Waals surface area contributed by atoms with E-state index in [0.717, 1.165) is 12.5 Å². The fourth-order valence-corrected chi connectivity index (χ4v) is 2.36. The summed E-state index contributed by atoms with van der Waals surface area (Å²) in [6.07, 6.45) is 3.03. The highest BCUT2D eigenvalue weighted by Crippen LogP contribution is 2.40. The summed E-state index contributed by atoms with van der Waals surface area (Å²) in [5, 5.41) is 3.35. The van der Waals surface area contributed by atoms with Gasteiger partial charge in [0.1, 0.15) is 0 Å². The molecule has 19 heavy (non-hydrogen) atoms. The van der Waals surface area contributed by atoms with Crippen molar-refractivity contribution in [2.75, 3.05) is 13.2 Å². The first-order valence-electron chi connectivity index (χ1n) is 7.23. The van der Waals surface area contributed by atoms with E-state index in [9.17, 15) is 4.79 Å². The summed E-state index contributed by atoms with van der Waals surface area (Å²) in [6, 6.07) is 8.73. The zero-order valence-electron chi connectivity index (χ0n) is 11.8. The molecule has 1 atom stereocenters. The highest BCUT2D eigenvalue weighted by Gasteiger charge is 2.23. The maximum Gasteiger partial charge on any atom is 0.307 e. The molecule has 0 bridgehead atoms. The third-order valence-corrected chi connectivity index (χ3v) is 3.51. The molecule has 0 aromatic heterocycles. The Labute approximate surface area is 115 Å². The quantitative estimate of drug-likeness (QED) is 0.766. The Morgan fingerprint density at radius 2 is 2.00 bits per heavy atom. The van der Waals surface area contributed by atoms with Gasteiger partial charge in [-0.1, -0.05) is 31.2 Å². The van der Waals surface area contributed by atoms with Crippen molar-refractivity contribution in [2.24, 2.45) is 0 Å². The van der Waals surface area contributed by atoms with Gasteiger partial charge in [0.05, 0.1) is 13.0 Å². The molecule has 0 spiro atoms. The summed E-state index contributed by atoms with van der Waals surface area (Å²) in [4.78, 5) is 11.6. The smallest absolute Gasteiger partial charge is 0.307 e. The van der Waals surface area contributed by atoms with Gasteiger partial charge in [0.2, 0.25) is 0 Å². The van der Waals surface area contributed by atoms with Gasteiger partial charge in [-0.15, -0.1) is 0 Å². The van der Waals surface area contributed by atoms with Gasteiger partial charge >= 0.3 is 5.97 Å². The summed E-state index contributed by atoms with van der Waals surface area (Å²) in [7, 11) is 0.